The van der Waals surface area contributed by atoms with E-state index >= 15 is 0 Å². The Hall–Kier alpha value is -0.740. The largest absolute Gasteiger partial charge is 0.870 e. The van der Waals surface area contributed by atoms with Gasteiger partial charge in [0.05, 0.1) is 35.4 Å². The number of hydrogen-bond acceptors (Lipinski definition) is 3. The Morgan fingerprint density at radius 3 is 1.43 bits per heavy atom. The number of quaternary nitrogens is 1. The molecule has 4 nitrogen and oxygen atoms in total. The van der Waals surface area contributed by atoms with Gasteiger partial charge in [0.25, 0.3) is 0 Å². The highest BCUT2D eigenvalue weighted by molar-refractivity contribution is 4.94. The number of ether oxygens (including phenoxy) is 2. The molecule has 0 spiro atoms. The lowest BCUT2D eigenvalue weighted by Crippen LogP contribution is -2.35. The van der Waals surface area contributed by atoms with Gasteiger partial charge >= 0.3 is 5.95 Å². The van der Waals surface area contributed by atoms with Gasteiger partial charge in [-0.1, -0.05) is 64.7 Å². The Kier molecular flexibility index (Phi) is 15.8. The highest BCUT2D eigenvalue weighted by Gasteiger charge is 2.23. The van der Waals surface area contributed by atoms with Crippen LogP contribution in [0.2, 0.25) is 0 Å². The molecule has 0 aromatic carbocycles. The summed E-state index contributed by atoms with van der Waals surface area (Å²) in [5.74, 6) is 0.684. The van der Waals surface area contributed by atoms with E-state index in [4.69, 9.17) is 9.47 Å². The third kappa shape index (κ3) is 12.4. The van der Waals surface area contributed by atoms with E-state index < -0.39 is 0 Å². The minimum atomic E-state index is 0. The molecule has 0 aliphatic heterocycles. The summed E-state index contributed by atoms with van der Waals surface area (Å²) < 4.78 is 11.5. The van der Waals surface area contributed by atoms with Gasteiger partial charge in [0.2, 0.25) is 0 Å². The Morgan fingerprint density at radius 1 is 0.696 bits per heavy atom. The van der Waals surface area contributed by atoms with Crippen molar-refractivity contribution in [1.82, 2.24) is 0 Å². The van der Waals surface area contributed by atoms with E-state index in [0.717, 1.165) is 10.9 Å². The Balaban J connectivity index is 0. The van der Waals surface area contributed by atoms with E-state index in [1.54, 1.807) is 14.2 Å². The third-order valence-corrected chi connectivity index (χ3v) is 4.18. The maximum atomic E-state index is 5.37. The number of allylic oxidation sites excluding steroid dienone is 1. The van der Waals surface area contributed by atoms with Crippen LogP contribution in [0.15, 0.2) is 11.6 Å². The molecule has 0 rings (SSSR count). The van der Waals surface area contributed by atoms with Crippen molar-refractivity contribution < 1.29 is 19.4 Å². The van der Waals surface area contributed by atoms with Crippen LogP contribution in [0, 0.1) is 0 Å². The highest BCUT2D eigenvalue weighted by atomic mass is 16.7. The van der Waals surface area contributed by atoms with Crippen LogP contribution in [0.3, 0.4) is 0 Å². The topological polar surface area (TPSA) is 48.5 Å². The number of nitrogens with zero attached hydrogens (tertiary/aromatic N) is 1. The van der Waals surface area contributed by atoms with E-state index in [2.05, 4.69) is 28.1 Å². The standard InChI is InChI=1S/C19H40NO2.H2O/c1-7-8-9-10-11-12-13-14-15-16-17-18(20(2,3)4)19(21-5)22-6;/h7-17H2,1-6H3;1H2/q+1;/p-1. The summed E-state index contributed by atoms with van der Waals surface area (Å²) in [4.78, 5) is 0. The summed E-state index contributed by atoms with van der Waals surface area (Å²) in [6.07, 6.45) is 14.7. The molecule has 0 radical (unpaired) electrons. The highest BCUT2D eigenvalue weighted by Crippen LogP contribution is 2.22. The van der Waals surface area contributed by atoms with E-state index in [1.165, 1.54) is 69.9 Å². The summed E-state index contributed by atoms with van der Waals surface area (Å²) in [5, 5.41) is 0. The lowest BCUT2D eigenvalue weighted by Gasteiger charge is -2.27. The first-order valence-corrected chi connectivity index (χ1v) is 9.10. The van der Waals surface area contributed by atoms with Crippen molar-refractivity contribution in [2.45, 2.75) is 77.6 Å². The molecule has 0 aliphatic rings. The molecule has 0 aliphatic carbocycles. The number of rotatable bonds is 14. The molecular weight excluding hydrogens is 290 g/mol. The van der Waals surface area contributed by atoms with Crippen molar-refractivity contribution >= 4 is 0 Å². The first-order valence-electron chi connectivity index (χ1n) is 9.10. The predicted molar refractivity (Wildman–Crippen MR) is 97.5 cm³/mol. The smallest absolute Gasteiger partial charge is 0.338 e. The zero-order chi connectivity index (χ0) is 16.8. The molecule has 0 unspecified atom stereocenters. The first kappa shape index (κ1) is 24.5. The molecule has 4 heteroatoms. The van der Waals surface area contributed by atoms with E-state index in [9.17, 15) is 0 Å². The molecule has 0 heterocycles. The van der Waals surface area contributed by atoms with Gasteiger partial charge in [0, 0.05) is 6.42 Å². The van der Waals surface area contributed by atoms with Gasteiger partial charge in [-0.3, -0.25) is 4.48 Å². The number of unbranched alkanes of at least 4 members (excludes halogenated alkanes) is 9. The van der Waals surface area contributed by atoms with Gasteiger partial charge < -0.3 is 14.9 Å². The van der Waals surface area contributed by atoms with E-state index in [0.29, 0.717) is 5.95 Å². The van der Waals surface area contributed by atoms with Crippen LogP contribution in [0.4, 0.5) is 0 Å². The van der Waals surface area contributed by atoms with E-state index in [-0.39, 0.29) is 5.48 Å². The fourth-order valence-corrected chi connectivity index (χ4v) is 2.81. The summed E-state index contributed by atoms with van der Waals surface area (Å²) >= 11 is 0. The van der Waals surface area contributed by atoms with Crippen molar-refractivity contribution in [2.24, 2.45) is 0 Å². The predicted octanol–water partition coefficient (Wildman–Crippen LogP) is 5.29. The molecule has 0 atom stereocenters. The lowest BCUT2D eigenvalue weighted by atomic mass is 10.0. The molecule has 0 aromatic rings. The first-order chi connectivity index (χ1) is 10.5. The molecular formula is C19H41NO3. The Bertz CT molecular complexity index is 289. The molecule has 1 N–H and O–H groups in total. The lowest BCUT2D eigenvalue weighted by molar-refractivity contribution is -0.834. The van der Waals surface area contributed by atoms with Gasteiger partial charge in [0.1, 0.15) is 0 Å². The Morgan fingerprint density at radius 2 is 1.09 bits per heavy atom. The van der Waals surface area contributed by atoms with Crippen LogP contribution in [0.1, 0.15) is 77.6 Å². The number of hydrogen-bond donors (Lipinski definition) is 0. The molecule has 23 heavy (non-hydrogen) atoms. The van der Waals surface area contributed by atoms with Crippen LogP contribution in [0.5, 0.6) is 0 Å². The second kappa shape index (κ2) is 14.8. The molecule has 0 saturated carbocycles. The van der Waals surface area contributed by atoms with Gasteiger partial charge in [-0.05, 0) is 6.42 Å². The van der Waals surface area contributed by atoms with Crippen molar-refractivity contribution in [2.75, 3.05) is 35.4 Å². The van der Waals surface area contributed by atoms with Crippen molar-refractivity contribution in [3.05, 3.63) is 11.6 Å². The minimum absolute atomic E-state index is 0. The summed E-state index contributed by atoms with van der Waals surface area (Å²) in [5.41, 5.74) is 1.24. The monoisotopic (exact) mass is 331 g/mol. The average molecular weight is 332 g/mol. The van der Waals surface area contributed by atoms with Gasteiger partial charge in [-0.15, -0.1) is 0 Å². The second-order valence-corrected chi connectivity index (χ2v) is 7.09. The molecule has 0 amide bonds. The molecule has 0 bridgehead atoms. The fraction of sp³-hybridized carbons (Fsp3) is 0.895. The molecule has 0 aromatic heterocycles. The van der Waals surface area contributed by atoms with Crippen LogP contribution in [-0.2, 0) is 9.47 Å². The second-order valence-electron chi connectivity index (χ2n) is 7.09. The van der Waals surface area contributed by atoms with Gasteiger partial charge in [-0.25, -0.2) is 0 Å². The average Bonchev–Trinajstić information content (AvgIpc) is 2.47. The SMILES string of the molecule is CCCCCCCCCCCCC(=C(OC)OC)[N+](C)(C)C.[OH-]. The van der Waals surface area contributed by atoms with E-state index in [1.807, 2.05) is 0 Å². The van der Waals surface area contributed by atoms with Gasteiger partial charge in [0.15, 0.2) is 5.70 Å². The van der Waals surface area contributed by atoms with Crippen molar-refractivity contribution in [1.29, 1.82) is 0 Å². The number of methoxy groups -OCH3 is 2. The summed E-state index contributed by atoms with van der Waals surface area (Å²) in [6, 6.07) is 0. The maximum Gasteiger partial charge on any atom is 0.338 e. The summed E-state index contributed by atoms with van der Waals surface area (Å²) in [6.45, 7) is 2.28. The van der Waals surface area contributed by atoms with Crippen molar-refractivity contribution in [3.63, 3.8) is 0 Å². The van der Waals surface area contributed by atoms with Crippen molar-refractivity contribution in [3.8, 4) is 0 Å². The van der Waals surface area contributed by atoms with Crippen LogP contribution in [-0.4, -0.2) is 45.3 Å². The maximum absolute atomic E-state index is 5.37. The molecule has 0 saturated heterocycles. The molecule has 140 valence electrons. The fourth-order valence-electron chi connectivity index (χ4n) is 2.81. The Labute approximate surface area is 144 Å². The van der Waals surface area contributed by atoms with Crippen LogP contribution < -0.4 is 0 Å². The molecule has 0 fully saturated rings. The quantitative estimate of drug-likeness (QED) is 0.247. The zero-order valence-corrected chi connectivity index (χ0v) is 16.5. The third-order valence-electron chi connectivity index (χ3n) is 4.18. The van der Waals surface area contributed by atoms with Crippen LogP contribution >= 0.6 is 0 Å². The summed E-state index contributed by atoms with van der Waals surface area (Å²) in [7, 11) is 9.89. The van der Waals surface area contributed by atoms with Crippen LogP contribution in [0.25, 0.3) is 0 Å². The van der Waals surface area contributed by atoms with Gasteiger partial charge in [-0.2, -0.15) is 0 Å². The normalized spacial score (nSPS) is 10.9. The minimum Gasteiger partial charge on any atom is -0.870 e. The zero-order valence-electron chi connectivity index (χ0n) is 16.5.